The van der Waals surface area contributed by atoms with Crippen LogP contribution in [0, 0.1) is 0 Å². The first kappa shape index (κ1) is 13.5. The maximum atomic E-state index is 4.04. The summed E-state index contributed by atoms with van der Waals surface area (Å²) in [5.41, 5.74) is 3.17. The number of aromatic amines is 1. The van der Waals surface area contributed by atoms with Crippen LogP contribution in [0.3, 0.4) is 0 Å². The van der Waals surface area contributed by atoms with Crippen molar-refractivity contribution in [2.75, 3.05) is 11.9 Å². The summed E-state index contributed by atoms with van der Waals surface area (Å²) in [6, 6.07) is 22.8. The Morgan fingerprint density at radius 3 is 2.61 bits per heavy atom. The van der Waals surface area contributed by atoms with Crippen LogP contribution in [0.15, 0.2) is 66.7 Å². The highest BCUT2D eigenvalue weighted by Crippen LogP contribution is 2.32. The van der Waals surface area contributed by atoms with Crippen LogP contribution in [-0.2, 0) is 0 Å². The molecule has 0 aliphatic carbocycles. The molecule has 23 heavy (non-hydrogen) atoms. The molecule has 0 bridgehead atoms. The molecule has 3 aromatic carbocycles. The summed E-state index contributed by atoms with van der Waals surface area (Å²) in [5.74, 6) is 0.596. The van der Waals surface area contributed by atoms with Gasteiger partial charge >= 0.3 is 0 Å². The standard InChI is InChI=1S/C18H15N5/c1-23(17-11-5-7-13-6-2-3-10-16(13)17)15-9-4-8-14(12-15)18-19-21-22-20-18/h2-12H,1H3,(H,19,20,21,22). The Morgan fingerprint density at radius 2 is 1.74 bits per heavy atom. The fourth-order valence-corrected chi connectivity index (χ4v) is 2.78. The van der Waals surface area contributed by atoms with E-state index in [0.29, 0.717) is 5.82 Å². The Bertz CT molecular complexity index is 941. The molecule has 0 unspecified atom stereocenters. The van der Waals surface area contributed by atoms with Gasteiger partial charge in [0.25, 0.3) is 0 Å². The van der Waals surface area contributed by atoms with E-state index in [9.17, 15) is 0 Å². The fourth-order valence-electron chi connectivity index (χ4n) is 2.78. The summed E-state index contributed by atoms with van der Waals surface area (Å²) in [4.78, 5) is 2.17. The molecule has 112 valence electrons. The SMILES string of the molecule is CN(c1cccc(-c2nn[nH]n2)c1)c1cccc2ccccc12. The molecule has 0 saturated heterocycles. The molecule has 1 aromatic heterocycles. The minimum atomic E-state index is 0.596. The number of fused-ring (bicyclic) bond motifs is 1. The highest BCUT2D eigenvalue weighted by Gasteiger charge is 2.10. The molecule has 4 rings (SSSR count). The van der Waals surface area contributed by atoms with E-state index in [1.807, 2.05) is 12.1 Å². The molecule has 1 N–H and O–H groups in total. The second-order valence-corrected chi connectivity index (χ2v) is 5.34. The van der Waals surface area contributed by atoms with E-state index in [2.05, 4.69) is 87.2 Å². The van der Waals surface area contributed by atoms with Gasteiger partial charge in [-0.2, -0.15) is 5.21 Å². The molecule has 0 saturated carbocycles. The first-order valence-electron chi connectivity index (χ1n) is 7.38. The lowest BCUT2D eigenvalue weighted by molar-refractivity contribution is 0.881. The number of H-pyrrole nitrogens is 1. The topological polar surface area (TPSA) is 57.7 Å². The Balaban J connectivity index is 1.79. The molecule has 1 heterocycles. The van der Waals surface area contributed by atoms with Crippen molar-refractivity contribution >= 4 is 22.1 Å². The van der Waals surface area contributed by atoms with Gasteiger partial charge in [0.15, 0.2) is 0 Å². The molecule has 0 fully saturated rings. The van der Waals surface area contributed by atoms with Gasteiger partial charge in [0.05, 0.1) is 0 Å². The quantitative estimate of drug-likeness (QED) is 0.625. The van der Waals surface area contributed by atoms with Gasteiger partial charge in [0.1, 0.15) is 0 Å². The van der Waals surface area contributed by atoms with Crippen molar-refractivity contribution in [1.29, 1.82) is 0 Å². The van der Waals surface area contributed by atoms with Gasteiger partial charge in [-0.25, -0.2) is 0 Å². The van der Waals surface area contributed by atoms with Crippen molar-refractivity contribution < 1.29 is 0 Å². The van der Waals surface area contributed by atoms with Crippen molar-refractivity contribution in [3.05, 3.63) is 66.7 Å². The minimum absolute atomic E-state index is 0.596. The Kier molecular flexibility index (Phi) is 3.24. The maximum absolute atomic E-state index is 4.04. The summed E-state index contributed by atoms with van der Waals surface area (Å²) in [6.07, 6.45) is 0. The van der Waals surface area contributed by atoms with Gasteiger partial charge in [-0.1, -0.05) is 48.5 Å². The Labute approximate surface area is 133 Å². The van der Waals surface area contributed by atoms with Crippen LogP contribution in [0.2, 0.25) is 0 Å². The van der Waals surface area contributed by atoms with Crippen molar-refractivity contribution in [2.24, 2.45) is 0 Å². The van der Waals surface area contributed by atoms with Crippen molar-refractivity contribution in [3.8, 4) is 11.4 Å². The number of hydrogen-bond acceptors (Lipinski definition) is 4. The summed E-state index contributed by atoms with van der Waals surface area (Å²) >= 11 is 0. The smallest absolute Gasteiger partial charge is 0.204 e. The lowest BCUT2D eigenvalue weighted by Crippen LogP contribution is -2.09. The van der Waals surface area contributed by atoms with Crippen LogP contribution in [-0.4, -0.2) is 27.7 Å². The number of rotatable bonds is 3. The third-order valence-corrected chi connectivity index (χ3v) is 3.96. The highest BCUT2D eigenvalue weighted by atomic mass is 15.5. The number of aromatic nitrogens is 4. The number of hydrogen-bond donors (Lipinski definition) is 1. The molecule has 4 aromatic rings. The molecular formula is C18H15N5. The van der Waals surface area contributed by atoms with E-state index in [-0.39, 0.29) is 0 Å². The fraction of sp³-hybridized carbons (Fsp3) is 0.0556. The lowest BCUT2D eigenvalue weighted by atomic mass is 10.1. The lowest BCUT2D eigenvalue weighted by Gasteiger charge is -2.22. The second kappa shape index (κ2) is 5.53. The molecule has 0 spiro atoms. The van der Waals surface area contributed by atoms with Gasteiger partial charge in [-0.15, -0.1) is 10.2 Å². The molecule has 0 amide bonds. The maximum Gasteiger partial charge on any atom is 0.204 e. The average Bonchev–Trinajstić information content (AvgIpc) is 3.15. The zero-order chi connectivity index (χ0) is 15.6. The monoisotopic (exact) mass is 301 g/mol. The van der Waals surface area contributed by atoms with E-state index in [1.54, 1.807) is 0 Å². The van der Waals surface area contributed by atoms with Crippen LogP contribution in [0.4, 0.5) is 11.4 Å². The number of anilines is 2. The van der Waals surface area contributed by atoms with Crippen molar-refractivity contribution in [1.82, 2.24) is 20.6 Å². The third-order valence-electron chi connectivity index (χ3n) is 3.96. The summed E-state index contributed by atoms with van der Waals surface area (Å²) in [5, 5.41) is 16.7. The van der Waals surface area contributed by atoms with Gasteiger partial charge < -0.3 is 4.90 Å². The number of benzene rings is 3. The second-order valence-electron chi connectivity index (χ2n) is 5.34. The van der Waals surface area contributed by atoms with E-state index in [0.717, 1.165) is 16.9 Å². The third kappa shape index (κ3) is 2.42. The van der Waals surface area contributed by atoms with Gasteiger partial charge in [-0.3, -0.25) is 0 Å². The largest absolute Gasteiger partial charge is 0.344 e. The first-order chi connectivity index (χ1) is 11.3. The minimum Gasteiger partial charge on any atom is -0.344 e. The number of nitrogens with one attached hydrogen (secondary N) is 1. The highest BCUT2D eigenvalue weighted by molar-refractivity contribution is 5.96. The molecule has 5 heteroatoms. The predicted octanol–water partition coefficient (Wildman–Crippen LogP) is 3.79. The van der Waals surface area contributed by atoms with Gasteiger partial charge in [0, 0.05) is 29.4 Å². The Morgan fingerprint density at radius 1 is 0.913 bits per heavy atom. The molecular weight excluding hydrogens is 286 g/mol. The normalized spacial score (nSPS) is 10.8. The van der Waals surface area contributed by atoms with E-state index < -0.39 is 0 Å². The van der Waals surface area contributed by atoms with Crippen molar-refractivity contribution in [3.63, 3.8) is 0 Å². The van der Waals surface area contributed by atoms with Crippen LogP contribution < -0.4 is 4.90 Å². The van der Waals surface area contributed by atoms with Crippen LogP contribution in [0.25, 0.3) is 22.2 Å². The zero-order valence-electron chi connectivity index (χ0n) is 12.6. The van der Waals surface area contributed by atoms with E-state index >= 15 is 0 Å². The Hall–Kier alpha value is -3.21. The molecule has 0 atom stereocenters. The van der Waals surface area contributed by atoms with Crippen LogP contribution in [0.5, 0.6) is 0 Å². The van der Waals surface area contributed by atoms with Gasteiger partial charge in [0.2, 0.25) is 5.82 Å². The molecule has 5 nitrogen and oxygen atoms in total. The van der Waals surface area contributed by atoms with Gasteiger partial charge in [-0.05, 0) is 28.8 Å². The zero-order valence-corrected chi connectivity index (χ0v) is 12.6. The predicted molar refractivity (Wildman–Crippen MR) is 91.6 cm³/mol. The molecule has 0 aliphatic rings. The van der Waals surface area contributed by atoms with Crippen molar-refractivity contribution in [2.45, 2.75) is 0 Å². The summed E-state index contributed by atoms with van der Waals surface area (Å²) in [7, 11) is 2.07. The van der Waals surface area contributed by atoms with E-state index in [1.165, 1.54) is 10.8 Å². The number of nitrogens with zero attached hydrogens (tertiary/aromatic N) is 4. The average molecular weight is 301 g/mol. The van der Waals surface area contributed by atoms with Crippen LogP contribution in [0.1, 0.15) is 0 Å². The first-order valence-corrected chi connectivity index (χ1v) is 7.38. The number of tetrazole rings is 1. The van der Waals surface area contributed by atoms with E-state index in [4.69, 9.17) is 0 Å². The summed E-state index contributed by atoms with van der Waals surface area (Å²) in [6.45, 7) is 0. The molecule has 0 aliphatic heterocycles. The molecule has 0 radical (unpaired) electrons. The summed E-state index contributed by atoms with van der Waals surface area (Å²) < 4.78 is 0. The van der Waals surface area contributed by atoms with Crippen LogP contribution >= 0.6 is 0 Å².